The predicted octanol–water partition coefficient (Wildman–Crippen LogP) is 1.90. The number of likely N-dealkylation sites (tertiary alicyclic amines) is 1. The SMILES string of the molecule is CC(=O)OC1CCN(C(=O)CC(NC(=O)c2ccc(C(N)=NO)cc2)c2ccc(O)cc2)CC1. The molecular formula is C24H28N4O6. The Balaban J connectivity index is 1.70. The second-order valence-electron chi connectivity index (χ2n) is 8.07. The number of aromatic hydroxyl groups is 1. The lowest BCUT2D eigenvalue weighted by atomic mass is 10.0. The van der Waals surface area contributed by atoms with Crippen LogP contribution in [-0.4, -0.2) is 58.0 Å². The molecule has 180 valence electrons. The van der Waals surface area contributed by atoms with E-state index in [1.807, 2.05) is 0 Å². The maximum atomic E-state index is 13.0. The second-order valence-corrected chi connectivity index (χ2v) is 8.07. The van der Waals surface area contributed by atoms with Crippen LogP contribution in [0.25, 0.3) is 0 Å². The van der Waals surface area contributed by atoms with Crippen molar-refractivity contribution in [2.45, 2.75) is 38.3 Å². The molecule has 1 atom stereocenters. The van der Waals surface area contributed by atoms with Crippen LogP contribution < -0.4 is 11.1 Å². The first-order valence-corrected chi connectivity index (χ1v) is 10.9. The highest BCUT2D eigenvalue weighted by Gasteiger charge is 2.27. The van der Waals surface area contributed by atoms with Gasteiger partial charge in [-0.25, -0.2) is 0 Å². The topological polar surface area (TPSA) is 155 Å². The number of piperidine rings is 1. The van der Waals surface area contributed by atoms with Gasteiger partial charge in [0.25, 0.3) is 5.91 Å². The zero-order valence-corrected chi connectivity index (χ0v) is 18.8. The molecule has 0 saturated carbocycles. The van der Waals surface area contributed by atoms with Gasteiger partial charge in [0, 0.05) is 44.0 Å². The predicted molar refractivity (Wildman–Crippen MR) is 123 cm³/mol. The third kappa shape index (κ3) is 6.47. The summed E-state index contributed by atoms with van der Waals surface area (Å²) in [5, 5.41) is 24.2. The summed E-state index contributed by atoms with van der Waals surface area (Å²) < 4.78 is 5.23. The molecule has 34 heavy (non-hydrogen) atoms. The van der Waals surface area contributed by atoms with Gasteiger partial charge in [-0.3, -0.25) is 14.4 Å². The Morgan fingerprint density at radius 2 is 1.68 bits per heavy atom. The molecule has 10 nitrogen and oxygen atoms in total. The summed E-state index contributed by atoms with van der Waals surface area (Å²) in [5.41, 5.74) is 7.03. The van der Waals surface area contributed by atoms with Crippen LogP contribution in [0.3, 0.4) is 0 Å². The van der Waals surface area contributed by atoms with E-state index >= 15 is 0 Å². The largest absolute Gasteiger partial charge is 0.508 e. The molecule has 0 aliphatic carbocycles. The van der Waals surface area contributed by atoms with Gasteiger partial charge in [0.15, 0.2) is 5.84 Å². The zero-order valence-electron chi connectivity index (χ0n) is 18.8. The maximum Gasteiger partial charge on any atom is 0.302 e. The molecule has 0 spiro atoms. The number of amidine groups is 1. The number of phenols is 1. The molecule has 1 fully saturated rings. The Bertz CT molecular complexity index is 1040. The first kappa shape index (κ1) is 24.6. The molecule has 0 bridgehead atoms. The van der Waals surface area contributed by atoms with Crippen LogP contribution in [0.15, 0.2) is 53.7 Å². The summed E-state index contributed by atoms with van der Waals surface area (Å²) in [6, 6.07) is 11.9. The normalized spacial score (nSPS) is 15.4. The third-order valence-corrected chi connectivity index (χ3v) is 5.66. The summed E-state index contributed by atoms with van der Waals surface area (Å²) >= 11 is 0. The highest BCUT2D eigenvalue weighted by atomic mass is 16.5. The molecule has 2 aromatic rings. The van der Waals surface area contributed by atoms with Gasteiger partial charge in [-0.2, -0.15) is 0 Å². The number of ether oxygens (including phenoxy) is 1. The number of nitrogens with two attached hydrogens (primary N) is 1. The van der Waals surface area contributed by atoms with Crippen molar-refractivity contribution in [2.24, 2.45) is 10.9 Å². The Hall–Kier alpha value is -4.08. The van der Waals surface area contributed by atoms with E-state index in [9.17, 15) is 19.5 Å². The zero-order chi connectivity index (χ0) is 24.7. The lowest BCUT2D eigenvalue weighted by Gasteiger charge is -2.32. The van der Waals surface area contributed by atoms with Gasteiger partial charge >= 0.3 is 5.97 Å². The lowest BCUT2D eigenvalue weighted by molar-refractivity contribution is -0.149. The van der Waals surface area contributed by atoms with E-state index in [0.29, 0.717) is 42.6 Å². The van der Waals surface area contributed by atoms with Crippen LogP contribution in [-0.2, 0) is 14.3 Å². The monoisotopic (exact) mass is 468 g/mol. The number of nitrogens with zero attached hydrogens (tertiary/aromatic N) is 2. The molecule has 1 unspecified atom stereocenters. The standard InChI is InChI=1S/C24H28N4O6/c1-15(29)34-20-10-12-28(13-11-20)22(31)14-21(16-6-8-19(30)9-7-16)26-24(32)18-4-2-17(3-5-18)23(25)27-33/h2-9,20-21,30,33H,10-14H2,1H3,(H2,25,27)(H,26,32). The maximum absolute atomic E-state index is 13.0. The summed E-state index contributed by atoms with van der Waals surface area (Å²) in [7, 11) is 0. The number of hydrogen-bond acceptors (Lipinski definition) is 7. The lowest BCUT2D eigenvalue weighted by Crippen LogP contribution is -2.43. The number of benzene rings is 2. The van der Waals surface area contributed by atoms with Crippen LogP contribution in [0.1, 0.15) is 53.7 Å². The van der Waals surface area contributed by atoms with Crippen molar-refractivity contribution in [2.75, 3.05) is 13.1 Å². The minimum Gasteiger partial charge on any atom is -0.508 e. The molecule has 1 saturated heterocycles. The van der Waals surface area contributed by atoms with Crippen LogP contribution >= 0.6 is 0 Å². The molecule has 2 amide bonds. The van der Waals surface area contributed by atoms with Crippen LogP contribution in [0.5, 0.6) is 5.75 Å². The van der Waals surface area contributed by atoms with E-state index in [1.54, 1.807) is 29.2 Å². The van der Waals surface area contributed by atoms with E-state index in [1.165, 1.54) is 31.2 Å². The molecule has 1 aliphatic rings. The highest BCUT2D eigenvalue weighted by Crippen LogP contribution is 2.23. The quantitative estimate of drug-likeness (QED) is 0.159. The van der Waals surface area contributed by atoms with Gasteiger partial charge in [0.05, 0.1) is 12.5 Å². The molecule has 2 aromatic carbocycles. The van der Waals surface area contributed by atoms with Gasteiger partial charge in [-0.1, -0.05) is 29.4 Å². The number of carbonyl (C=O) groups excluding carboxylic acids is 3. The number of carbonyl (C=O) groups is 3. The van der Waals surface area contributed by atoms with E-state index < -0.39 is 11.9 Å². The molecule has 5 N–H and O–H groups in total. The number of amides is 2. The average molecular weight is 469 g/mol. The molecule has 3 rings (SSSR count). The van der Waals surface area contributed by atoms with E-state index in [-0.39, 0.29) is 36.0 Å². The third-order valence-electron chi connectivity index (χ3n) is 5.66. The van der Waals surface area contributed by atoms with Crippen molar-refractivity contribution in [3.8, 4) is 5.75 Å². The number of esters is 1. The van der Waals surface area contributed by atoms with Crippen LogP contribution in [0, 0.1) is 0 Å². The minimum atomic E-state index is -0.629. The fourth-order valence-corrected chi connectivity index (χ4v) is 3.81. The van der Waals surface area contributed by atoms with Crippen molar-refractivity contribution in [1.29, 1.82) is 0 Å². The number of phenolic OH excluding ortho intramolecular Hbond substituents is 1. The minimum absolute atomic E-state index is 0.0248. The van der Waals surface area contributed by atoms with Gasteiger partial charge in [0.2, 0.25) is 5.91 Å². The second kappa shape index (κ2) is 11.2. The van der Waals surface area contributed by atoms with Crippen LogP contribution in [0.4, 0.5) is 0 Å². The smallest absolute Gasteiger partial charge is 0.302 e. The number of rotatable bonds is 7. The Morgan fingerprint density at radius 1 is 1.09 bits per heavy atom. The number of hydrogen-bond donors (Lipinski definition) is 4. The molecule has 1 heterocycles. The van der Waals surface area contributed by atoms with Crippen molar-refractivity contribution in [1.82, 2.24) is 10.2 Å². The fraction of sp³-hybridized carbons (Fsp3) is 0.333. The number of nitrogens with one attached hydrogen (secondary N) is 1. The Morgan fingerprint density at radius 3 is 2.24 bits per heavy atom. The van der Waals surface area contributed by atoms with Crippen molar-refractivity contribution < 1.29 is 29.4 Å². The van der Waals surface area contributed by atoms with Crippen molar-refractivity contribution in [3.63, 3.8) is 0 Å². The number of oxime groups is 1. The molecular weight excluding hydrogens is 440 g/mol. The van der Waals surface area contributed by atoms with Gasteiger partial charge in [-0.05, 0) is 29.8 Å². The molecule has 0 aromatic heterocycles. The fourth-order valence-electron chi connectivity index (χ4n) is 3.81. The van der Waals surface area contributed by atoms with E-state index in [0.717, 1.165) is 0 Å². The first-order valence-electron chi connectivity index (χ1n) is 10.9. The van der Waals surface area contributed by atoms with Gasteiger partial charge < -0.3 is 31.0 Å². The van der Waals surface area contributed by atoms with Crippen molar-refractivity contribution in [3.05, 3.63) is 65.2 Å². The summed E-state index contributed by atoms with van der Waals surface area (Å²) in [4.78, 5) is 38.8. The Kier molecular flexibility index (Phi) is 8.07. The van der Waals surface area contributed by atoms with E-state index in [2.05, 4.69) is 10.5 Å². The Labute approximate surface area is 197 Å². The van der Waals surface area contributed by atoms with Crippen LogP contribution in [0.2, 0.25) is 0 Å². The summed E-state index contributed by atoms with van der Waals surface area (Å²) in [5.74, 6) is -0.866. The summed E-state index contributed by atoms with van der Waals surface area (Å²) in [6.07, 6.45) is 0.960. The molecule has 0 radical (unpaired) electrons. The highest BCUT2D eigenvalue weighted by molar-refractivity contribution is 5.99. The average Bonchev–Trinajstić information content (AvgIpc) is 2.83. The first-order chi connectivity index (χ1) is 16.3. The molecule has 10 heteroatoms. The van der Waals surface area contributed by atoms with Gasteiger partial charge in [-0.15, -0.1) is 0 Å². The molecule has 1 aliphatic heterocycles. The van der Waals surface area contributed by atoms with Gasteiger partial charge in [0.1, 0.15) is 11.9 Å². The van der Waals surface area contributed by atoms with E-state index in [4.69, 9.17) is 15.7 Å². The van der Waals surface area contributed by atoms with Crippen molar-refractivity contribution >= 4 is 23.6 Å². The summed E-state index contributed by atoms with van der Waals surface area (Å²) in [6.45, 7) is 2.29.